The Hall–Kier alpha value is -2.93. The Morgan fingerprint density at radius 3 is 2.80 bits per heavy atom. The van der Waals surface area contributed by atoms with Crippen LogP contribution in [0.1, 0.15) is 36.3 Å². The Balaban J connectivity index is 1.50. The molecular weight excluding hydrogens is 398 g/mol. The van der Waals surface area contributed by atoms with E-state index in [4.69, 9.17) is 4.74 Å². The summed E-state index contributed by atoms with van der Waals surface area (Å²) in [6.45, 7) is 0.443. The van der Waals surface area contributed by atoms with Crippen LogP contribution in [-0.2, 0) is 22.6 Å². The summed E-state index contributed by atoms with van der Waals surface area (Å²) in [5.74, 6) is 0.863. The molecule has 0 radical (unpaired) electrons. The van der Waals surface area contributed by atoms with Crippen LogP contribution in [0.3, 0.4) is 0 Å². The fraction of sp³-hybridized carbons (Fsp3) is 0.348. The summed E-state index contributed by atoms with van der Waals surface area (Å²) in [5.41, 5.74) is 0.740. The first-order valence-corrected chi connectivity index (χ1v) is 11.0. The van der Waals surface area contributed by atoms with Gasteiger partial charge in [0, 0.05) is 35.3 Å². The number of nitrogens with one attached hydrogen (secondary N) is 2. The van der Waals surface area contributed by atoms with Crippen molar-refractivity contribution >= 4 is 33.9 Å². The van der Waals surface area contributed by atoms with E-state index in [1.807, 2.05) is 29.6 Å². The van der Waals surface area contributed by atoms with Gasteiger partial charge < -0.3 is 15.4 Å². The molecular formula is C23H25N3O3S. The fourth-order valence-corrected chi connectivity index (χ4v) is 4.72. The van der Waals surface area contributed by atoms with E-state index >= 15 is 0 Å². The van der Waals surface area contributed by atoms with Gasteiger partial charge in [0.25, 0.3) is 0 Å². The molecule has 1 fully saturated rings. The van der Waals surface area contributed by atoms with Gasteiger partial charge in [-0.15, -0.1) is 11.3 Å². The second-order valence-electron chi connectivity index (χ2n) is 7.68. The van der Waals surface area contributed by atoms with Gasteiger partial charge in [0.2, 0.25) is 11.8 Å². The van der Waals surface area contributed by atoms with Crippen molar-refractivity contribution < 1.29 is 14.3 Å². The van der Waals surface area contributed by atoms with Gasteiger partial charge in [-0.25, -0.2) is 4.98 Å². The lowest BCUT2D eigenvalue weighted by molar-refractivity contribution is -0.122. The van der Waals surface area contributed by atoms with Gasteiger partial charge in [0.15, 0.2) is 0 Å². The molecule has 0 aliphatic carbocycles. The minimum absolute atomic E-state index is 0.0229. The minimum atomic E-state index is -0.410. The van der Waals surface area contributed by atoms with E-state index in [1.54, 1.807) is 13.3 Å². The molecule has 0 spiro atoms. The fourth-order valence-electron chi connectivity index (χ4n) is 4.17. The van der Waals surface area contributed by atoms with E-state index in [0.29, 0.717) is 32.2 Å². The number of nitrogens with zero attached hydrogens (tertiary/aromatic N) is 1. The Morgan fingerprint density at radius 1 is 1.27 bits per heavy atom. The molecule has 30 heavy (non-hydrogen) atoms. The van der Waals surface area contributed by atoms with Crippen LogP contribution in [0.5, 0.6) is 5.75 Å². The Morgan fingerprint density at radius 2 is 2.10 bits per heavy atom. The summed E-state index contributed by atoms with van der Waals surface area (Å²) in [5, 5.41) is 11.0. The predicted octanol–water partition coefficient (Wildman–Crippen LogP) is 3.59. The van der Waals surface area contributed by atoms with Crippen molar-refractivity contribution in [1.29, 1.82) is 0 Å². The number of methoxy groups -OCH3 is 1. The van der Waals surface area contributed by atoms with Crippen LogP contribution in [0.4, 0.5) is 0 Å². The molecule has 0 bridgehead atoms. The van der Waals surface area contributed by atoms with Crippen LogP contribution in [0.25, 0.3) is 10.8 Å². The highest BCUT2D eigenvalue weighted by Crippen LogP contribution is 2.34. The second kappa shape index (κ2) is 8.83. The van der Waals surface area contributed by atoms with Gasteiger partial charge in [-0.3, -0.25) is 9.59 Å². The molecule has 1 aliphatic heterocycles. The van der Waals surface area contributed by atoms with E-state index in [0.717, 1.165) is 33.5 Å². The predicted molar refractivity (Wildman–Crippen MR) is 118 cm³/mol. The van der Waals surface area contributed by atoms with Crippen LogP contribution < -0.4 is 15.4 Å². The lowest BCUT2D eigenvalue weighted by Crippen LogP contribution is -2.44. The van der Waals surface area contributed by atoms with Gasteiger partial charge in [0.1, 0.15) is 10.8 Å². The van der Waals surface area contributed by atoms with E-state index in [2.05, 4.69) is 27.8 Å². The summed E-state index contributed by atoms with van der Waals surface area (Å²) in [6.07, 6.45) is 4.60. The largest absolute Gasteiger partial charge is 0.496 e. The number of hydrogen-bond acceptors (Lipinski definition) is 5. The Labute approximate surface area is 179 Å². The molecule has 0 unspecified atom stereocenters. The smallest absolute Gasteiger partial charge is 0.220 e. The SMILES string of the molecule is COc1ccc(C[C@]2(CCC(=O)NCc3nccs3)CCC(=O)N2)c2ccccc12. The van der Waals surface area contributed by atoms with Crippen molar-refractivity contribution in [2.24, 2.45) is 0 Å². The summed E-state index contributed by atoms with van der Waals surface area (Å²) in [7, 11) is 1.67. The number of amides is 2. The second-order valence-corrected chi connectivity index (χ2v) is 8.66. The lowest BCUT2D eigenvalue weighted by Gasteiger charge is -2.30. The van der Waals surface area contributed by atoms with Gasteiger partial charge in [-0.2, -0.15) is 0 Å². The quantitative estimate of drug-likeness (QED) is 0.580. The number of carbonyl (C=O) groups is 2. The van der Waals surface area contributed by atoms with Crippen LogP contribution in [0.15, 0.2) is 48.0 Å². The normalized spacial score (nSPS) is 18.4. The van der Waals surface area contributed by atoms with Gasteiger partial charge in [0.05, 0.1) is 13.7 Å². The molecule has 1 saturated heterocycles. The van der Waals surface area contributed by atoms with E-state index in [-0.39, 0.29) is 11.8 Å². The van der Waals surface area contributed by atoms with Crippen LogP contribution in [-0.4, -0.2) is 29.4 Å². The maximum Gasteiger partial charge on any atom is 0.220 e. The third-order valence-electron chi connectivity index (χ3n) is 5.71. The number of ether oxygens (including phenoxy) is 1. The number of fused-ring (bicyclic) bond motifs is 1. The molecule has 6 nitrogen and oxygen atoms in total. The van der Waals surface area contributed by atoms with Gasteiger partial charge in [-0.05, 0) is 36.3 Å². The zero-order valence-electron chi connectivity index (χ0n) is 16.9. The van der Waals surface area contributed by atoms with Crippen molar-refractivity contribution in [3.63, 3.8) is 0 Å². The third kappa shape index (κ3) is 4.46. The number of aromatic nitrogens is 1. The summed E-state index contributed by atoms with van der Waals surface area (Å²) < 4.78 is 5.50. The Bertz CT molecular complexity index is 1050. The van der Waals surface area contributed by atoms with Crippen molar-refractivity contribution in [3.8, 4) is 5.75 Å². The first-order chi connectivity index (χ1) is 14.6. The minimum Gasteiger partial charge on any atom is -0.496 e. The van der Waals surface area contributed by atoms with E-state index < -0.39 is 5.54 Å². The molecule has 1 aromatic heterocycles. The van der Waals surface area contributed by atoms with Crippen molar-refractivity contribution in [2.75, 3.05) is 7.11 Å². The zero-order chi connectivity index (χ0) is 21.0. The number of hydrogen-bond donors (Lipinski definition) is 2. The molecule has 4 rings (SSSR count). The maximum absolute atomic E-state index is 12.4. The highest BCUT2D eigenvalue weighted by Gasteiger charge is 2.38. The maximum atomic E-state index is 12.4. The van der Waals surface area contributed by atoms with Crippen molar-refractivity contribution in [3.05, 3.63) is 58.5 Å². The van der Waals surface area contributed by atoms with Crippen molar-refractivity contribution in [2.45, 2.75) is 44.2 Å². The first kappa shape index (κ1) is 20.3. The third-order valence-corrected chi connectivity index (χ3v) is 6.49. The molecule has 2 N–H and O–H groups in total. The van der Waals surface area contributed by atoms with Crippen LogP contribution in [0.2, 0.25) is 0 Å². The molecule has 2 heterocycles. The summed E-state index contributed by atoms with van der Waals surface area (Å²) in [6, 6.07) is 12.2. The van der Waals surface area contributed by atoms with Crippen LogP contribution in [0, 0.1) is 0 Å². The monoisotopic (exact) mass is 423 g/mol. The number of carbonyl (C=O) groups excluding carboxylic acids is 2. The van der Waals surface area contributed by atoms with Crippen molar-refractivity contribution in [1.82, 2.24) is 15.6 Å². The first-order valence-electron chi connectivity index (χ1n) is 10.1. The van der Waals surface area contributed by atoms with Gasteiger partial charge in [-0.1, -0.05) is 30.3 Å². The molecule has 0 saturated carbocycles. The van der Waals surface area contributed by atoms with E-state index in [1.165, 1.54) is 11.3 Å². The average Bonchev–Trinajstić information content (AvgIpc) is 3.41. The molecule has 2 amide bonds. The zero-order valence-corrected chi connectivity index (χ0v) is 17.8. The number of benzene rings is 2. The standard InChI is InChI=1S/C23H25N3O3S/c1-29-19-7-6-16(17-4-2-3-5-18(17)19)14-23(11-9-21(28)26-23)10-8-20(27)25-15-22-24-12-13-30-22/h2-7,12-13H,8-11,14-15H2,1H3,(H,25,27)(H,26,28)/t23-/m0/s1. The topological polar surface area (TPSA) is 80.3 Å². The molecule has 3 aromatic rings. The Kier molecular flexibility index (Phi) is 5.99. The van der Waals surface area contributed by atoms with Crippen LogP contribution >= 0.6 is 11.3 Å². The molecule has 156 valence electrons. The summed E-state index contributed by atoms with van der Waals surface area (Å²) >= 11 is 1.52. The molecule has 7 heteroatoms. The molecule has 1 aliphatic rings. The van der Waals surface area contributed by atoms with Gasteiger partial charge >= 0.3 is 0 Å². The lowest BCUT2D eigenvalue weighted by atomic mass is 9.83. The molecule has 1 atom stereocenters. The van der Waals surface area contributed by atoms with E-state index in [9.17, 15) is 9.59 Å². The number of rotatable bonds is 8. The molecule has 2 aromatic carbocycles. The average molecular weight is 424 g/mol. The number of thiazole rings is 1. The highest BCUT2D eigenvalue weighted by atomic mass is 32.1. The summed E-state index contributed by atoms with van der Waals surface area (Å²) in [4.78, 5) is 28.7. The highest BCUT2D eigenvalue weighted by molar-refractivity contribution is 7.09.